The lowest BCUT2D eigenvalue weighted by molar-refractivity contribution is -0.123. The molecule has 0 aliphatic heterocycles. The molecular formula is C80H147NO3. The fourth-order valence-electron chi connectivity index (χ4n) is 11.7. The molecule has 0 bridgehead atoms. The first-order chi connectivity index (χ1) is 41.7. The first-order valence-electron chi connectivity index (χ1n) is 37.8. The molecule has 0 aromatic carbocycles. The van der Waals surface area contributed by atoms with Crippen LogP contribution in [0.4, 0.5) is 0 Å². The maximum absolute atomic E-state index is 12.6. The molecule has 0 aliphatic rings. The second-order valence-corrected chi connectivity index (χ2v) is 25.7. The fourth-order valence-corrected chi connectivity index (χ4v) is 11.7. The van der Waals surface area contributed by atoms with Crippen molar-refractivity contribution in [2.75, 3.05) is 6.61 Å². The van der Waals surface area contributed by atoms with Crippen molar-refractivity contribution in [2.45, 2.75) is 411 Å². The standard InChI is InChI=1S/C80H147NO3/c1-3-5-7-9-11-13-15-17-19-21-23-25-27-29-31-33-35-36-37-38-39-40-41-42-43-44-46-48-50-52-54-56-58-60-62-64-66-68-70-72-74-76-80(84)81-78(77-82)79(83)75-73-71-69-67-65-63-61-59-57-55-53-51-49-47-45-34-32-30-28-26-24-22-20-18-16-14-12-10-8-6-4-2/h5,7,11,13,17,19,23,25,57,59,65,67,73,75,78-79,82-83H,3-4,6,8-10,12,14-16,18,20-22,24,26-56,58,60-64,66,68-72,74,76-77H2,1-2H3,(H,81,84)/b7-5-,13-11-,19-17-,25-23-,59-57+,67-65+,75-73+. The fraction of sp³-hybridized carbons (Fsp3) is 0.812. The van der Waals surface area contributed by atoms with Crippen molar-refractivity contribution in [3.8, 4) is 0 Å². The lowest BCUT2D eigenvalue weighted by Gasteiger charge is -2.19. The number of rotatable bonds is 70. The van der Waals surface area contributed by atoms with Crippen LogP contribution in [0.3, 0.4) is 0 Å². The van der Waals surface area contributed by atoms with Gasteiger partial charge in [0.15, 0.2) is 0 Å². The predicted molar refractivity (Wildman–Crippen MR) is 377 cm³/mol. The summed E-state index contributed by atoms with van der Waals surface area (Å²) in [6, 6.07) is -0.649. The zero-order valence-corrected chi connectivity index (χ0v) is 56.7. The van der Waals surface area contributed by atoms with E-state index in [-0.39, 0.29) is 12.5 Å². The van der Waals surface area contributed by atoms with Gasteiger partial charge in [-0.25, -0.2) is 0 Å². The Bertz CT molecular complexity index is 1470. The van der Waals surface area contributed by atoms with Crippen LogP contribution in [0.5, 0.6) is 0 Å². The topological polar surface area (TPSA) is 69.6 Å². The van der Waals surface area contributed by atoms with Gasteiger partial charge in [-0.2, -0.15) is 0 Å². The number of aliphatic hydroxyl groups excluding tert-OH is 2. The van der Waals surface area contributed by atoms with E-state index in [1.54, 1.807) is 6.08 Å². The van der Waals surface area contributed by atoms with Gasteiger partial charge in [-0.3, -0.25) is 4.79 Å². The molecular weight excluding hydrogens is 1020 g/mol. The molecule has 0 radical (unpaired) electrons. The molecule has 2 unspecified atom stereocenters. The minimum Gasteiger partial charge on any atom is -0.394 e. The van der Waals surface area contributed by atoms with Gasteiger partial charge in [0, 0.05) is 6.42 Å². The van der Waals surface area contributed by atoms with Gasteiger partial charge < -0.3 is 15.5 Å². The average molecular weight is 1170 g/mol. The average Bonchev–Trinajstić information content (AvgIpc) is 3.51. The number of nitrogens with one attached hydrogen (secondary N) is 1. The summed E-state index contributed by atoms with van der Waals surface area (Å²) < 4.78 is 0. The van der Waals surface area contributed by atoms with E-state index in [4.69, 9.17) is 0 Å². The smallest absolute Gasteiger partial charge is 0.220 e. The molecule has 490 valence electrons. The lowest BCUT2D eigenvalue weighted by atomic mass is 10.0. The highest BCUT2D eigenvalue weighted by molar-refractivity contribution is 5.76. The van der Waals surface area contributed by atoms with Crippen LogP contribution in [0.1, 0.15) is 399 Å². The Morgan fingerprint density at radius 2 is 0.536 bits per heavy atom. The summed E-state index contributed by atoms with van der Waals surface area (Å²) in [5.74, 6) is -0.0714. The van der Waals surface area contributed by atoms with Crippen molar-refractivity contribution < 1.29 is 15.0 Å². The molecule has 0 fully saturated rings. The van der Waals surface area contributed by atoms with Crippen LogP contribution in [0.25, 0.3) is 0 Å². The molecule has 0 saturated heterocycles. The van der Waals surface area contributed by atoms with E-state index in [9.17, 15) is 15.0 Å². The summed E-state index contributed by atoms with van der Waals surface area (Å²) in [7, 11) is 0. The van der Waals surface area contributed by atoms with Crippen molar-refractivity contribution in [3.63, 3.8) is 0 Å². The third-order valence-electron chi connectivity index (χ3n) is 17.3. The summed E-state index contributed by atoms with van der Waals surface area (Å²) >= 11 is 0. The molecule has 1 amide bonds. The molecule has 0 rings (SSSR count). The van der Waals surface area contributed by atoms with E-state index in [0.29, 0.717) is 6.42 Å². The number of aliphatic hydroxyl groups is 2. The molecule has 0 aromatic rings. The third kappa shape index (κ3) is 70.3. The summed E-state index contributed by atoms with van der Waals surface area (Å²) in [5.41, 5.74) is 0. The molecule has 3 N–H and O–H groups in total. The Morgan fingerprint density at radius 3 is 0.833 bits per heavy atom. The highest BCUT2D eigenvalue weighted by Crippen LogP contribution is 2.19. The second kappa shape index (κ2) is 74.8. The zero-order chi connectivity index (χ0) is 60.5. The van der Waals surface area contributed by atoms with E-state index in [1.165, 1.54) is 315 Å². The van der Waals surface area contributed by atoms with Crippen LogP contribution in [-0.2, 0) is 4.79 Å². The van der Waals surface area contributed by atoms with Crippen LogP contribution < -0.4 is 5.32 Å². The molecule has 0 aliphatic carbocycles. The second-order valence-electron chi connectivity index (χ2n) is 25.7. The van der Waals surface area contributed by atoms with Crippen LogP contribution >= 0.6 is 0 Å². The Hall–Kier alpha value is -2.43. The van der Waals surface area contributed by atoms with Crippen molar-refractivity contribution >= 4 is 5.91 Å². The molecule has 4 heteroatoms. The van der Waals surface area contributed by atoms with Gasteiger partial charge in [-0.05, 0) is 83.5 Å². The van der Waals surface area contributed by atoms with E-state index in [1.807, 2.05) is 6.08 Å². The largest absolute Gasteiger partial charge is 0.394 e. The van der Waals surface area contributed by atoms with Gasteiger partial charge in [-0.15, -0.1) is 0 Å². The first-order valence-corrected chi connectivity index (χ1v) is 37.8. The normalized spacial score (nSPS) is 13.1. The van der Waals surface area contributed by atoms with Gasteiger partial charge in [0.2, 0.25) is 5.91 Å². The number of hydrogen-bond donors (Lipinski definition) is 3. The van der Waals surface area contributed by atoms with E-state index in [0.717, 1.165) is 64.2 Å². The van der Waals surface area contributed by atoms with Crippen molar-refractivity contribution in [1.29, 1.82) is 0 Å². The van der Waals surface area contributed by atoms with Gasteiger partial charge in [0.05, 0.1) is 18.8 Å². The quantitative estimate of drug-likeness (QED) is 0.0420. The summed E-state index contributed by atoms with van der Waals surface area (Å²) in [6.45, 7) is 4.22. The molecule has 0 heterocycles. The van der Waals surface area contributed by atoms with Crippen molar-refractivity contribution in [2.24, 2.45) is 0 Å². The van der Waals surface area contributed by atoms with Crippen LogP contribution in [0.2, 0.25) is 0 Å². The Labute approximate surface area is 526 Å². The highest BCUT2D eigenvalue weighted by atomic mass is 16.3. The molecule has 4 nitrogen and oxygen atoms in total. The minimum absolute atomic E-state index is 0.0714. The molecule has 0 aromatic heterocycles. The van der Waals surface area contributed by atoms with E-state index >= 15 is 0 Å². The molecule has 84 heavy (non-hydrogen) atoms. The van der Waals surface area contributed by atoms with Gasteiger partial charge >= 0.3 is 0 Å². The zero-order valence-electron chi connectivity index (χ0n) is 56.7. The molecule has 0 saturated carbocycles. The number of amides is 1. The molecule has 2 atom stereocenters. The highest BCUT2D eigenvalue weighted by Gasteiger charge is 2.18. The number of unbranched alkanes of at least 4 members (excludes halogenated alkanes) is 51. The van der Waals surface area contributed by atoms with Crippen LogP contribution in [0.15, 0.2) is 85.1 Å². The maximum Gasteiger partial charge on any atom is 0.220 e. The SMILES string of the molecule is CC/C=C\C/C=C\C/C=C\C/C=C\CCCCCCCCCCCCCCCCCCCCCCCCCCCCCCC(=O)NC(CO)C(O)/C=C/CC/C=C/CC/C=C/CCCCCCCCCCCCCCCCCCCCCCC. The van der Waals surface area contributed by atoms with Crippen LogP contribution in [-0.4, -0.2) is 34.9 Å². The maximum atomic E-state index is 12.6. The van der Waals surface area contributed by atoms with E-state index in [2.05, 4.69) is 92.1 Å². The number of carbonyl (C=O) groups excluding carboxylic acids is 1. The molecule has 0 spiro atoms. The first kappa shape index (κ1) is 81.6. The third-order valence-corrected chi connectivity index (χ3v) is 17.3. The van der Waals surface area contributed by atoms with Gasteiger partial charge in [0.25, 0.3) is 0 Å². The summed E-state index contributed by atoms with van der Waals surface area (Å²) in [6.07, 6.45) is 110. The predicted octanol–water partition coefficient (Wildman–Crippen LogP) is 26.2. The number of allylic oxidation sites excluding steroid dienone is 13. The van der Waals surface area contributed by atoms with E-state index < -0.39 is 12.1 Å². The van der Waals surface area contributed by atoms with Gasteiger partial charge in [-0.1, -0.05) is 394 Å². The lowest BCUT2D eigenvalue weighted by Crippen LogP contribution is -2.45. The van der Waals surface area contributed by atoms with Crippen molar-refractivity contribution in [1.82, 2.24) is 5.32 Å². The van der Waals surface area contributed by atoms with Crippen molar-refractivity contribution in [3.05, 3.63) is 85.1 Å². The minimum atomic E-state index is -0.874. The Morgan fingerprint density at radius 1 is 0.298 bits per heavy atom. The Kier molecular flexibility index (Phi) is 72.7. The van der Waals surface area contributed by atoms with Crippen LogP contribution in [0, 0.1) is 0 Å². The number of carbonyl (C=O) groups is 1. The number of hydrogen-bond acceptors (Lipinski definition) is 3. The summed E-state index contributed by atoms with van der Waals surface area (Å²) in [4.78, 5) is 12.6. The van der Waals surface area contributed by atoms with Gasteiger partial charge in [0.1, 0.15) is 0 Å². The summed E-state index contributed by atoms with van der Waals surface area (Å²) in [5, 5.41) is 23.3. The Balaban J connectivity index is 3.45. The monoisotopic (exact) mass is 1170 g/mol.